The van der Waals surface area contributed by atoms with Crippen molar-refractivity contribution in [3.8, 4) is 0 Å². The number of nitrogens with one attached hydrogen (secondary N) is 1. The second-order valence-corrected chi connectivity index (χ2v) is 4.37. The average Bonchev–Trinajstić information content (AvgIpc) is 2.59. The minimum atomic E-state index is 0.0927. The zero-order valence-electron chi connectivity index (χ0n) is 8.82. The Morgan fingerprint density at radius 3 is 2.93 bits per heavy atom. The van der Waals surface area contributed by atoms with Crippen LogP contribution in [-0.2, 0) is 9.53 Å². The topological polar surface area (TPSA) is 41.6 Å². The molecule has 2 saturated heterocycles. The summed E-state index contributed by atoms with van der Waals surface area (Å²) in [5.41, 5.74) is 0. The first-order chi connectivity index (χ1) is 6.68. The summed E-state index contributed by atoms with van der Waals surface area (Å²) in [5.74, 6) is 0.333. The zero-order chi connectivity index (χ0) is 10.1. The molecule has 2 aliphatic rings. The summed E-state index contributed by atoms with van der Waals surface area (Å²) in [7, 11) is 0. The summed E-state index contributed by atoms with van der Waals surface area (Å²) in [6.07, 6.45) is 0.214. The van der Waals surface area contributed by atoms with Crippen LogP contribution >= 0.6 is 0 Å². The van der Waals surface area contributed by atoms with Crippen LogP contribution in [0.1, 0.15) is 13.8 Å². The lowest BCUT2D eigenvalue weighted by molar-refractivity contribution is -0.133. The first-order valence-electron chi connectivity index (χ1n) is 5.32. The fourth-order valence-electron chi connectivity index (χ4n) is 2.14. The van der Waals surface area contributed by atoms with Gasteiger partial charge in [-0.3, -0.25) is 4.79 Å². The van der Waals surface area contributed by atoms with E-state index in [2.05, 4.69) is 5.32 Å². The van der Waals surface area contributed by atoms with Crippen LogP contribution in [0.4, 0.5) is 0 Å². The molecule has 0 radical (unpaired) electrons. The maximum Gasteiger partial charge on any atom is 0.225 e. The molecule has 14 heavy (non-hydrogen) atoms. The number of morpholine rings is 1. The number of amides is 1. The van der Waals surface area contributed by atoms with E-state index in [1.54, 1.807) is 0 Å². The van der Waals surface area contributed by atoms with Crippen LogP contribution in [0.2, 0.25) is 0 Å². The van der Waals surface area contributed by atoms with Crippen LogP contribution in [0.15, 0.2) is 0 Å². The first-order valence-corrected chi connectivity index (χ1v) is 5.32. The summed E-state index contributed by atoms with van der Waals surface area (Å²) >= 11 is 0. The molecule has 2 rings (SSSR count). The van der Waals surface area contributed by atoms with Gasteiger partial charge in [-0.2, -0.15) is 0 Å². The number of likely N-dealkylation sites (tertiary alicyclic amines) is 1. The minimum Gasteiger partial charge on any atom is -0.373 e. The number of hydrogen-bond donors (Lipinski definition) is 1. The molecule has 2 aliphatic heterocycles. The lowest BCUT2D eigenvalue weighted by Gasteiger charge is -2.25. The van der Waals surface area contributed by atoms with Gasteiger partial charge in [0.1, 0.15) is 0 Å². The number of ether oxygens (including phenoxy) is 1. The van der Waals surface area contributed by atoms with E-state index in [-0.39, 0.29) is 17.9 Å². The molecular formula is C10H18N2O2. The number of rotatable bonds is 1. The summed E-state index contributed by atoms with van der Waals surface area (Å²) in [6.45, 7) is 7.13. The Kier molecular flexibility index (Phi) is 2.74. The van der Waals surface area contributed by atoms with Gasteiger partial charge in [-0.1, -0.05) is 13.8 Å². The normalized spacial score (nSPS) is 32.1. The highest BCUT2D eigenvalue weighted by atomic mass is 16.5. The predicted molar refractivity (Wildman–Crippen MR) is 52.9 cm³/mol. The molecule has 0 aromatic rings. The lowest BCUT2D eigenvalue weighted by atomic mass is 10.2. The second kappa shape index (κ2) is 3.87. The van der Waals surface area contributed by atoms with Gasteiger partial charge >= 0.3 is 0 Å². The Morgan fingerprint density at radius 1 is 1.50 bits per heavy atom. The summed E-state index contributed by atoms with van der Waals surface area (Å²) in [4.78, 5) is 13.6. The number of hydrogen-bond acceptors (Lipinski definition) is 3. The zero-order valence-corrected chi connectivity index (χ0v) is 8.82. The van der Waals surface area contributed by atoms with Gasteiger partial charge < -0.3 is 15.0 Å². The molecule has 1 N–H and O–H groups in total. The molecule has 80 valence electrons. The van der Waals surface area contributed by atoms with Crippen LogP contribution in [0, 0.1) is 5.92 Å². The van der Waals surface area contributed by atoms with Crippen molar-refractivity contribution in [3.05, 3.63) is 0 Å². The molecule has 0 saturated carbocycles. The van der Waals surface area contributed by atoms with Crippen LogP contribution < -0.4 is 5.32 Å². The van der Waals surface area contributed by atoms with Gasteiger partial charge in [-0.15, -0.1) is 0 Å². The molecule has 2 atom stereocenters. The fraction of sp³-hybridized carbons (Fsp3) is 0.900. The van der Waals surface area contributed by atoms with Crippen molar-refractivity contribution < 1.29 is 9.53 Å². The van der Waals surface area contributed by atoms with E-state index in [0.29, 0.717) is 6.04 Å². The molecule has 2 heterocycles. The molecule has 0 unspecified atom stereocenters. The summed E-state index contributed by atoms with van der Waals surface area (Å²) < 4.78 is 5.61. The molecule has 0 aromatic heterocycles. The molecular weight excluding hydrogens is 180 g/mol. The van der Waals surface area contributed by atoms with Gasteiger partial charge in [-0.05, 0) is 0 Å². The van der Waals surface area contributed by atoms with Crippen molar-refractivity contribution in [3.63, 3.8) is 0 Å². The highest BCUT2D eigenvalue weighted by Crippen LogP contribution is 2.18. The van der Waals surface area contributed by atoms with E-state index in [4.69, 9.17) is 4.74 Å². The Balaban J connectivity index is 1.95. The molecule has 2 fully saturated rings. The van der Waals surface area contributed by atoms with Gasteiger partial charge in [0, 0.05) is 25.6 Å². The monoisotopic (exact) mass is 198 g/mol. The second-order valence-electron chi connectivity index (χ2n) is 4.37. The van der Waals surface area contributed by atoms with E-state index in [9.17, 15) is 4.79 Å². The van der Waals surface area contributed by atoms with E-state index in [1.807, 2.05) is 18.7 Å². The van der Waals surface area contributed by atoms with E-state index < -0.39 is 0 Å². The number of carbonyl (C=O) groups is 1. The quantitative estimate of drug-likeness (QED) is 0.636. The maximum absolute atomic E-state index is 11.7. The maximum atomic E-state index is 11.7. The molecule has 4 heteroatoms. The van der Waals surface area contributed by atoms with Gasteiger partial charge in [0.05, 0.1) is 18.8 Å². The van der Waals surface area contributed by atoms with Crippen molar-refractivity contribution in [2.45, 2.75) is 26.0 Å². The van der Waals surface area contributed by atoms with Crippen LogP contribution in [0.3, 0.4) is 0 Å². The van der Waals surface area contributed by atoms with Gasteiger partial charge in [0.2, 0.25) is 5.91 Å². The smallest absolute Gasteiger partial charge is 0.225 e. The molecule has 0 aromatic carbocycles. The highest BCUT2D eigenvalue weighted by Gasteiger charge is 2.37. The average molecular weight is 198 g/mol. The van der Waals surface area contributed by atoms with E-state index in [0.717, 1.165) is 26.2 Å². The van der Waals surface area contributed by atoms with Gasteiger partial charge in [0.15, 0.2) is 0 Å². The third-order valence-electron chi connectivity index (χ3n) is 2.91. The third kappa shape index (κ3) is 1.77. The molecule has 4 nitrogen and oxygen atoms in total. The van der Waals surface area contributed by atoms with Crippen LogP contribution in [-0.4, -0.2) is 49.2 Å². The van der Waals surface area contributed by atoms with Crippen molar-refractivity contribution in [2.75, 3.05) is 26.2 Å². The van der Waals surface area contributed by atoms with Gasteiger partial charge in [-0.25, -0.2) is 0 Å². The third-order valence-corrected chi connectivity index (χ3v) is 2.91. The van der Waals surface area contributed by atoms with E-state index in [1.165, 1.54) is 0 Å². The lowest BCUT2D eigenvalue weighted by Crippen LogP contribution is -2.47. The Bertz CT molecular complexity index is 216. The molecule has 0 spiro atoms. The summed E-state index contributed by atoms with van der Waals surface area (Å²) in [6, 6.07) is 0.353. The van der Waals surface area contributed by atoms with Gasteiger partial charge in [0.25, 0.3) is 0 Å². The molecule has 1 amide bonds. The highest BCUT2D eigenvalue weighted by molar-refractivity contribution is 5.78. The SMILES string of the molecule is CC(C)C(=O)N1C[C@@H]2NCCO[C@@H]2C1. The van der Waals surface area contributed by atoms with Crippen molar-refractivity contribution >= 4 is 5.91 Å². The number of nitrogens with zero attached hydrogens (tertiary/aromatic N) is 1. The van der Waals surface area contributed by atoms with Crippen molar-refractivity contribution in [1.29, 1.82) is 0 Å². The van der Waals surface area contributed by atoms with Crippen LogP contribution in [0.5, 0.6) is 0 Å². The molecule has 0 bridgehead atoms. The number of carbonyl (C=O) groups excluding carboxylic acids is 1. The standard InChI is InChI=1S/C10H18N2O2/c1-7(2)10(13)12-5-8-9(6-12)14-4-3-11-8/h7-9,11H,3-6H2,1-2H3/t8-,9+/m0/s1. The van der Waals surface area contributed by atoms with Crippen molar-refractivity contribution in [2.24, 2.45) is 5.92 Å². The Morgan fingerprint density at radius 2 is 2.29 bits per heavy atom. The number of fused-ring (bicyclic) bond motifs is 1. The Labute approximate surface area is 84.6 Å². The largest absolute Gasteiger partial charge is 0.373 e. The van der Waals surface area contributed by atoms with E-state index >= 15 is 0 Å². The molecule has 0 aliphatic carbocycles. The predicted octanol–water partition coefficient (Wildman–Crippen LogP) is -0.158. The van der Waals surface area contributed by atoms with Crippen molar-refractivity contribution in [1.82, 2.24) is 10.2 Å². The van der Waals surface area contributed by atoms with Crippen LogP contribution in [0.25, 0.3) is 0 Å². The first kappa shape index (κ1) is 9.93. The summed E-state index contributed by atoms with van der Waals surface area (Å²) in [5, 5.41) is 3.39. The fourth-order valence-corrected chi connectivity index (χ4v) is 2.14. The Hall–Kier alpha value is -0.610. The minimum absolute atomic E-state index is 0.0927.